The summed E-state index contributed by atoms with van der Waals surface area (Å²) in [5, 5.41) is 6.80. The molecule has 1 aromatic carbocycles. The second kappa shape index (κ2) is 4.59. The molecule has 0 spiro atoms. The second-order valence-corrected chi connectivity index (χ2v) is 4.17. The Hall–Kier alpha value is -1.81. The molecule has 0 unspecified atom stereocenters. The van der Waals surface area contributed by atoms with Gasteiger partial charge in [0.2, 0.25) is 0 Å². The number of hydrogen-bond donors (Lipinski definition) is 1. The zero-order valence-corrected chi connectivity index (χ0v) is 10.2. The summed E-state index contributed by atoms with van der Waals surface area (Å²) in [5.74, 6) is 0.248. The van der Waals surface area contributed by atoms with E-state index in [2.05, 4.69) is 10.5 Å². The van der Waals surface area contributed by atoms with Crippen LogP contribution in [0, 0.1) is 13.8 Å². The maximum atomic E-state index is 11.8. The van der Waals surface area contributed by atoms with E-state index in [1.165, 1.54) is 0 Å². The molecule has 1 heterocycles. The van der Waals surface area contributed by atoms with E-state index in [1.54, 1.807) is 25.1 Å². The van der Waals surface area contributed by atoms with E-state index >= 15 is 0 Å². The predicted octanol–water partition coefficient (Wildman–Crippen LogP) is 3.20. The third-order valence-corrected chi connectivity index (χ3v) is 2.55. The van der Waals surface area contributed by atoms with Crippen LogP contribution in [-0.4, -0.2) is 11.1 Å². The van der Waals surface area contributed by atoms with Crippen LogP contribution in [0.1, 0.15) is 21.8 Å². The zero-order chi connectivity index (χ0) is 12.4. The van der Waals surface area contributed by atoms with Crippen molar-refractivity contribution in [3.8, 4) is 0 Å². The standard InChI is InChI=1S/C12H11ClN2O2/c1-7-3-4-10(9(13)5-7)14-12(16)11-6-8(2)17-15-11/h3-6H,1-2H3,(H,14,16). The highest BCUT2D eigenvalue weighted by Crippen LogP contribution is 2.23. The minimum Gasteiger partial charge on any atom is -0.361 e. The second-order valence-electron chi connectivity index (χ2n) is 3.76. The number of benzene rings is 1. The number of rotatable bonds is 2. The molecule has 17 heavy (non-hydrogen) atoms. The molecule has 0 saturated carbocycles. The zero-order valence-electron chi connectivity index (χ0n) is 9.45. The van der Waals surface area contributed by atoms with E-state index in [4.69, 9.17) is 16.1 Å². The Morgan fingerprint density at radius 1 is 1.35 bits per heavy atom. The lowest BCUT2D eigenvalue weighted by atomic mass is 10.2. The van der Waals surface area contributed by atoms with Gasteiger partial charge in [-0.1, -0.05) is 22.8 Å². The third-order valence-electron chi connectivity index (χ3n) is 2.23. The quantitative estimate of drug-likeness (QED) is 0.891. The van der Waals surface area contributed by atoms with Gasteiger partial charge in [-0.25, -0.2) is 0 Å². The molecule has 2 aromatic rings. The summed E-state index contributed by atoms with van der Waals surface area (Å²) in [6.07, 6.45) is 0. The van der Waals surface area contributed by atoms with Crippen molar-refractivity contribution in [1.29, 1.82) is 0 Å². The van der Waals surface area contributed by atoms with Gasteiger partial charge in [0.25, 0.3) is 5.91 Å². The van der Waals surface area contributed by atoms with E-state index < -0.39 is 0 Å². The van der Waals surface area contributed by atoms with E-state index in [-0.39, 0.29) is 11.6 Å². The average molecular weight is 251 g/mol. The van der Waals surface area contributed by atoms with Gasteiger partial charge in [-0.3, -0.25) is 4.79 Å². The topological polar surface area (TPSA) is 55.1 Å². The van der Waals surface area contributed by atoms with Gasteiger partial charge in [0.1, 0.15) is 5.76 Å². The number of halogens is 1. The van der Waals surface area contributed by atoms with Crippen LogP contribution in [0.4, 0.5) is 5.69 Å². The van der Waals surface area contributed by atoms with Crippen LogP contribution in [0.3, 0.4) is 0 Å². The van der Waals surface area contributed by atoms with Gasteiger partial charge in [0, 0.05) is 6.07 Å². The first-order valence-electron chi connectivity index (χ1n) is 5.07. The molecule has 0 saturated heterocycles. The molecule has 1 aromatic heterocycles. The first-order valence-corrected chi connectivity index (χ1v) is 5.45. The molecule has 0 aliphatic heterocycles. The average Bonchev–Trinajstić information content (AvgIpc) is 2.69. The monoisotopic (exact) mass is 250 g/mol. The van der Waals surface area contributed by atoms with Crippen LogP contribution >= 0.6 is 11.6 Å². The van der Waals surface area contributed by atoms with Crippen molar-refractivity contribution < 1.29 is 9.32 Å². The van der Waals surface area contributed by atoms with Crippen molar-refractivity contribution in [3.63, 3.8) is 0 Å². The highest BCUT2D eigenvalue weighted by molar-refractivity contribution is 6.34. The van der Waals surface area contributed by atoms with Crippen molar-refractivity contribution in [3.05, 3.63) is 46.3 Å². The van der Waals surface area contributed by atoms with Crippen LogP contribution < -0.4 is 5.32 Å². The van der Waals surface area contributed by atoms with Crippen molar-refractivity contribution in [1.82, 2.24) is 5.16 Å². The number of amides is 1. The van der Waals surface area contributed by atoms with Crippen molar-refractivity contribution >= 4 is 23.2 Å². The lowest BCUT2D eigenvalue weighted by molar-refractivity contribution is 0.101. The fraction of sp³-hybridized carbons (Fsp3) is 0.167. The number of carbonyl (C=O) groups excluding carboxylic acids is 1. The molecule has 4 nitrogen and oxygen atoms in total. The fourth-order valence-electron chi connectivity index (χ4n) is 1.38. The van der Waals surface area contributed by atoms with Gasteiger partial charge in [0.15, 0.2) is 5.69 Å². The molecule has 88 valence electrons. The Bertz CT molecular complexity index is 563. The Morgan fingerprint density at radius 2 is 2.12 bits per heavy atom. The molecular formula is C12H11ClN2O2. The summed E-state index contributed by atoms with van der Waals surface area (Å²) in [7, 11) is 0. The molecule has 0 aliphatic rings. The van der Waals surface area contributed by atoms with Gasteiger partial charge in [0.05, 0.1) is 10.7 Å². The summed E-state index contributed by atoms with van der Waals surface area (Å²) >= 11 is 6.01. The number of aromatic nitrogens is 1. The highest BCUT2D eigenvalue weighted by Gasteiger charge is 2.12. The smallest absolute Gasteiger partial charge is 0.277 e. The van der Waals surface area contributed by atoms with Gasteiger partial charge < -0.3 is 9.84 Å². The maximum Gasteiger partial charge on any atom is 0.277 e. The van der Waals surface area contributed by atoms with E-state index in [0.29, 0.717) is 16.5 Å². The van der Waals surface area contributed by atoms with Crippen LogP contribution in [-0.2, 0) is 0 Å². The Labute approximate surface area is 104 Å². The number of nitrogens with zero attached hydrogens (tertiary/aromatic N) is 1. The SMILES string of the molecule is Cc1ccc(NC(=O)c2cc(C)on2)c(Cl)c1. The summed E-state index contributed by atoms with van der Waals surface area (Å²) in [6.45, 7) is 3.65. The molecule has 0 radical (unpaired) electrons. The van der Waals surface area contributed by atoms with Crippen molar-refractivity contribution in [2.75, 3.05) is 5.32 Å². The normalized spacial score (nSPS) is 10.3. The molecule has 5 heteroatoms. The lowest BCUT2D eigenvalue weighted by Crippen LogP contribution is -2.12. The minimum absolute atomic E-state index is 0.235. The summed E-state index contributed by atoms with van der Waals surface area (Å²) in [6, 6.07) is 6.97. The Balaban J connectivity index is 2.18. The molecule has 0 fully saturated rings. The number of hydrogen-bond acceptors (Lipinski definition) is 3. The molecule has 1 N–H and O–H groups in total. The molecule has 1 amide bonds. The van der Waals surface area contributed by atoms with Crippen LogP contribution in [0.25, 0.3) is 0 Å². The molecule has 2 rings (SSSR count). The summed E-state index contributed by atoms with van der Waals surface area (Å²) in [4.78, 5) is 11.8. The third kappa shape index (κ3) is 2.65. The first kappa shape index (κ1) is 11.7. The van der Waals surface area contributed by atoms with Crippen molar-refractivity contribution in [2.24, 2.45) is 0 Å². The van der Waals surface area contributed by atoms with Crippen LogP contribution in [0.5, 0.6) is 0 Å². The number of anilines is 1. The number of nitrogens with one attached hydrogen (secondary N) is 1. The highest BCUT2D eigenvalue weighted by atomic mass is 35.5. The Kier molecular flexibility index (Phi) is 3.15. The molecule has 0 bridgehead atoms. The number of carbonyl (C=O) groups is 1. The molecule has 0 aliphatic carbocycles. The van der Waals surface area contributed by atoms with Gasteiger partial charge >= 0.3 is 0 Å². The summed E-state index contributed by atoms with van der Waals surface area (Å²) in [5.41, 5.74) is 1.83. The molecular weight excluding hydrogens is 240 g/mol. The predicted molar refractivity (Wildman–Crippen MR) is 65.4 cm³/mol. The van der Waals surface area contributed by atoms with Crippen molar-refractivity contribution in [2.45, 2.75) is 13.8 Å². The van der Waals surface area contributed by atoms with E-state index in [9.17, 15) is 4.79 Å². The van der Waals surface area contributed by atoms with Gasteiger partial charge in [-0.15, -0.1) is 0 Å². The first-order chi connectivity index (χ1) is 8.06. The Morgan fingerprint density at radius 3 is 2.71 bits per heavy atom. The largest absolute Gasteiger partial charge is 0.361 e. The number of aryl methyl sites for hydroxylation is 2. The van der Waals surface area contributed by atoms with Gasteiger partial charge in [-0.2, -0.15) is 0 Å². The van der Waals surface area contributed by atoms with Gasteiger partial charge in [-0.05, 0) is 31.5 Å². The lowest BCUT2D eigenvalue weighted by Gasteiger charge is -2.05. The molecule has 0 atom stereocenters. The van der Waals surface area contributed by atoms with E-state index in [0.717, 1.165) is 5.56 Å². The summed E-state index contributed by atoms with van der Waals surface area (Å²) < 4.78 is 4.83. The maximum absolute atomic E-state index is 11.8. The van der Waals surface area contributed by atoms with Crippen LogP contribution in [0.2, 0.25) is 5.02 Å². The fourth-order valence-corrected chi connectivity index (χ4v) is 1.66. The van der Waals surface area contributed by atoms with Crippen LogP contribution in [0.15, 0.2) is 28.8 Å². The minimum atomic E-state index is -0.340. The van der Waals surface area contributed by atoms with E-state index in [1.807, 2.05) is 13.0 Å².